The van der Waals surface area contributed by atoms with Gasteiger partial charge in [0.1, 0.15) is 5.82 Å². The molecule has 4 nitrogen and oxygen atoms in total. The van der Waals surface area contributed by atoms with Gasteiger partial charge in [-0.15, -0.1) is 0 Å². The van der Waals surface area contributed by atoms with Gasteiger partial charge < -0.3 is 9.13 Å². The van der Waals surface area contributed by atoms with E-state index < -0.39 is 17.3 Å². The SMILES string of the molecule is Cn1c(Cn2cc(C(F)(F)F)ccc2=O)nc2ccccc21. The molecule has 0 atom stereocenters. The van der Waals surface area contributed by atoms with E-state index in [4.69, 9.17) is 0 Å². The van der Waals surface area contributed by atoms with Crippen LogP contribution in [0.1, 0.15) is 11.4 Å². The second-order valence-electron chi connectivity index (χ2n) is 4.96. The normalized spacial score (nSPS) is 12.0. The van der Waals surface area contributed by atoms with Crippen molar-refractivity contribution in [3.05, 3.63) is 64.3 Å². The molecule has 0 N–H and O–H groups in total. The van der Waals surface area contributed by atoms with Gasteiger partial charge in [0.2, 0.25) is 0 Å². The number of fused-ring (bicyclic) bond motifs is 1. The van der Waals surface area contributed by atoms with Gasteiger partial charge in [-0.1, -0.05) is 12.1 Å². The lowest BCUT2D eigenvalue weighted by Gasteiger charge is -2.10. The van der Waals surface area contributed by atoms with E-state index in [-0.39, 0.29) is 6.54 Å². The third-order valence-corrected chi connectivity index (χ3v) is 3.50. The molecule has 7 heteroatoms. The summed E-state index contributed by atoms with van der Waals surface area (Å²) >= 11 is 0. The zero-order valence-electron chi connectivity index (χ0n) is 11.6. The van der Waals surface area contributed by atoms with E-state index in [2.05, 4.69) is 4.98 Å². The summed E-state index contributed by atoms with van der Waals surface area (Å²) < 4.78 is 41.0. The number of halogens is 3. The molecule has 0 bridgehead atoms. The molecular formula is C15H12F3N3O. The molecule has 0 unspecified atom stereocenters. The summed E-state index contributed by atoms with van der Waals surface area (Å²) in [6.07, 6.45) is -3.66. The zero-order chi connectivity index (χ0) is 15.9. The van der Waals surface area contributed by atoms with Crippen molar-refractivity contribution in [1.29, 1.82) is 0 Å². The van der Waals surface area contributed by atoms with E-state index >= 15 is 0 Å². The first kappa shape index (κ1) is 14.4. The van der Waals surface area contributed by atoms with E-state index in [9.17, 15) is 18.0 Å². The van der Waals surface area contributed by atoms with Crippen LogP contribution in [0.15, 0.2) is 47.4 Å². The van der Waals surface area contributed by atoms with Gasteiger partial charge in [0.25, 0.3) is 5.56 Å². The minimum atomic E-state index is -4.48. The van der Waals surface area contributed by atoms with Crippen LogP contribution in [-0.4, -0.2) is 14.1 Å². The van der Waals surface area contributed by atoms with Gasteiger partial charge in [-0.3, -0.25) is 4.79 Å². The highest BCUT2D eigenvalue weighted by atomic mass is 19.4. The molecule has 22 heavy (non-hydrogen) atoms. The number of aryl methyl sites for hydroxylation is 1. The number of hydrogen-bond acceptors (Lipinski definition) is 2. The maximum Gasteiger partial charge on any atom is 0.417 e. The van der Waals surface area contributed by atoms with Gasteiger partial charge in [-0.25, -0.2) is 4.98 Å². The number of rotatable bonds is 2. The number of pyridine rings is 1. The number of hydrogen-bond donors (Lipinski definition) is 0. The third kappa shape index (κ3) is 2.49. The Morgan fingerprint density at radius 1 is 1.14 bits per heavy atom. The molecule has 0 saturated carbocycles. The Labute approximate surface area is 123 Å². The van der Waals surface area contributed by atoms with E-state index in [1.807, 2.05) is 24.3 Å². The minimum absolute atomic E-state index is 0.0199. The Morgan fingerprint density at radius 2 is 1.86 bits per heavy atom. The number of aromatic nitrogens is 3. The molecule has 3 aromatic rings. The van der Waals surface area contributed by atoms with Crippen molar-refractivity contribution in [1.82, 2.24) is 14.1 Å². The van der Waals surface area contributed by atoms with Gasteiger partial charge in [0, 0.05) is 19.3 Å². The van der Waals surface area contributed by atoms with Crippen LogP contribution < -0.4 is 5.56 Å². The van der Waals surface area contributed by atoms with Crippen molar-refractivity contribution < 1.29 is 13.2 Å². The highest BCUT2D eigenvalue weighted by Gasteiger charge is 2.31. The summed E-state index contributed by atoms with van der Waals surface area (Å²) in [7, 11) is 1.77. The largest absolute Gasteiger partial charge is 0.417 e. The Balaban J connectivity index is 2.05. The highest BCUT2D eigenvalue weighted by molar-refractivity contribution is 5.75. The maximum atomic E-state index is 12.7. The zero-order valence-corrected chi connectivity index (χ0v) is 11.6. The Bertz CT molecular complexity index is 893. The summed E-state index contributed by atoms with van der Waals surface area (Å²) in [5, 5.41) is 0. The van der Waals surface area contributed by atoms with Crippen molar-refractivity contribution in [2.24, 2.45) is 7.05 Å². The fourth-order valence-corrected chi connectivity index (χ4v) is 2.31. The smallest absolute Gasteiger partial charge is 0.330 e. The summed E-state index contributed by atoms with van der Waals surface area (Å²) in [6, 6.07) is 9.06. The van der Waals surface area contributed by atoms with Gasteiger partial charge in [0.15, 0.2) is 0 Å². The van der Waals surface area contributed by atoms with Crippen LogP contribution in [0.4, 0.5) is 13.2 Å². The fourth-order valence-electron chi connectivity index (χ4n) is 2.31. The Hall–Kier alpha value is -2.57. The average molecular weight is 307 g/mol. The first-order valence-corrected chi connectivity index (χ1v) is 6.54. The standard InChI is InChI=1S/C15H12F3N3O/c1-20-12-5-3-2-4-11(12)19-13(20)9-21-8-10(15(16,17)18)6-7-14(21)22/h2-8H,9H2,1H3. The second kappa shape index (κ2) is 5.01. The third-order valence-electron chi connectivity index (χ3n) is 3.50. The van der Waals surface area contributed by atoms with Crippen LogP contribution >= 0.6 is 0 Å². The molecule has 0 spiro atoms. The predicted molar refractivity (Wildman–Crippen MR) is 75.5 cm³/mol. The van der Waals surface area contributed by atoms with Gasteiger partial charge in [0.05, 0.1) is 23.1 Å². The van der Waals surface area contributed by atoms with Crippen molar-refractivity contribution in [3.8, 4) is 0 Å². The van der Waals surface area contributed by atoms with Crippen molar-refractivity contribution in [2.75, 3.05) is 0 Å². The molecule has 1 aromatic carbocycles. The first-order valence-electron chi connectivity index (χ1n) is 6.54. The molecule has 0 aliphatic heterocycles. The number of nitrogens with zero attached hydrogens (tertiary/aromatic N) is 3. The van der Waals surface area contributed by atoms with Crippen molar-refractivity contribution >= 4 is 11.0 Å². The quantitative estimate of drug-likeness (QED) is 0.730. The van der Waals surface area contributed by atoms with Gasteiger partial charge >= 0.3 is 6.18 Å². The monoisotopic (exact) mass is 307 g/mol. The van der Waals surface area contributed by atoms with Crippen LogP contribution in [0.5, 0.6) is 0 Å². The molecular weight excluding hydrogens is 295 g/mol. The number of benzene rings is 1. The fraction of sp³-hybridized carbons (Fsp3) is 0.200. The van der Waals surface area contributed by atoms with Crippen LogP contribution in [0, 0.1) is 0 Å². The van der Waals surface area contributed by atoms with E-state index in [0.717, 1.165) is 33.9 Å². The molecule has 0 saturated heterocycles. The van der Waals surface area contributed by atoms with Crippen LogP contribution in [0.3, 0.4) is 0 Å². The topological polar surface area (TPSA) is 39.8 Å². The molecule has 0 aliphatic rings. The molecule has 3 rings (SSSR count). The summed E-state index contributed by atoms with van der Waals surface area (Å²) in [4.78, 5) is 16.2. The summed E-state index contributed by atoms with van der Waals surface area (Å²) in [5.74, 6) is 0.516. The number of para-hydroxylation sites is 2. The number of alkyl halides is 3. The van der Waals surface area contributed by atoms with Crippen LogP contribution in [-0.2, 0) is 19.8 Å². The molecule has 2 heterocycles. The van der Waals surface area contributed by atoms with Crippen LogP contribution in [0.25, 0.3) is 11.0 Å². The first-order chi connectivity index (χ1) is 10.4. The summed E-state index contributed by atoms with van der Waals surface area (Å²) in [5.41, 5.74) is 0.239. The molecule has 0 fully saturated rings. The predicted octanol–water partition coefficient (Wildman–Crippen LogP) is 2.80. The van der Waals surface area contributed by atoms with Crippen molar-refractivity contribution in [3.63, 3.8) is 0 Å². The Morgan fingerprint density at radius 3 is 2.55 bits per heavy atom. The van der Waals surface area contributed by atoms with Crippen molar-refractivity contribution in [2.45, 2.75) is 12.7 Å². The van der Waals surface area contributed by atoms with Crippen LogP contribution in [0.2, 0.25) is 0 Å². The molecule has 0 aliphatic carbocycles. The Kier molecular flexibility index (Phi) is 3.27. The van der Waals surface area contributed by atoms with E-state index in [1.165, 1.54) is 0 Å². The molecule has 0 amide bonds. The molecule has 2 aromatic heterocycles. The summed E-state index contributed by atoms with van der Waals surface area (Å²) in [6.45, 7) is -0.0199. The highest BCUT2D eigenvalue weighted by Crippen LogP contribution is 2.28. The average Bonchev–Trinajstić information content (AvgIpc) is 2.77. The molecule has 114 valence electrons. The molecule has 0 radical (unpaired) electrons. The number of imidazole rings is 1. The van der Waals surface area contributed by atoms with E-state index in [1.54, 1.807) is 11.6 Å². The lowest BCUT2D eigenvalue weighted by molar-refractivity contribution is -0.138. The maximum absolute atomic E-state index is 12.7. The van der Waals surface area contributed by atoms with Gasteiger partial charge in [-0.05, 0) is 18.2 Å². The second-order valence-corrected chi connectivity index (χ2v) is 4.96. The lowest BCUT2D eigenvalue weighted by atomic mass is 10.3. The van der Waals surface area contributed by atoms with Gasteiger partial charge in [-0.2, -0.15) is 13.2 Å². The minimum Gasteiger partial charge on any atom is -0.330 e. The van der Waals surface area contributed by atoms with E-state index in [0.29, 0.717) is 5.82 Å². The lowest BCUT2D eigenvalue weighted by Crippen LogP contribution is -2.23.